The molecule has 2 rings (SSSR count). The fraction of sp³-hybridized carbons (Fsp3) is 0.562. The lowest BCUT2D eigenvalue weighted by atomic mass is 9.92. The number of hydrogen-bond acceptors (Lipinski definition) is 3. The average molecular weight is 293 g/mol. The topological polar surface area (TPSA) is 49.3 Å². The third kappa shape index (κ3) is 3.48. The molecule has 1 fully saturated rings. The molecule has 1 unspecified atom stereocenters. The van der Waals surface area contributed by atoms with Crippen molar-refractivity contribution in [3.8, 4) is 0 Å². The van der Waals surface area contributed by atoms with Crippen molar-refractivity contribution in [2.45, 2.75) is 51.0 Å². The van der Waals surface area contributed by atoms with E-state index < -0.39 is 5.97 Å². The molecule has 4 heteroatoms. The first-order chi connectivity index (χ1) is 9.43. The van der Waals surface area contributed by atoms with E-state index in [1.54, 1.807) is 11.8 Å². The highest BCUT2D eigenvalue weighted by atomic mass is 32.2. The molecule has 20 heavy (non-hydrogen) atoms. The Morgan fingerprint density at radius 2 is 2.25 bits per heavy atom. The quantitative estimate of drug-likeness (QED) is 0.785. The normalized spacial score (nSPS) is 20.9. The van der Waals surface area contributed by atoms with Gasteiger partial charge in [0.2, 0.25) is 0 Å². The first-order valence-corrected chi connectivity index (χ1v) is 8.17. The second kappa shape index (κ2) is 6.08. The maximum absolute atomic E-state index is 11.6. The van der Waals surface area contributed by atoms with E-state index in [-0.39, 0.29) is 0 Å². The summed E-state index contributed by atoms with van der Waals surface area (Å²) in [4.78, 5) is 12.4. The molecular weight excluding hydrogens is 270 g/mol. The van der Waals surface area contributed by atoms with Gasteiger partial charge in [0.15, 0.2) is 0 Å². The molecule has 0 heterocycles. The van der Waals surface area contributed by atoms with Gasteiger partial charge in [-0.1, -0.05) is 26.8 Å². The molecule has 1 aromatic carbocycles. The van der Waals surface area contributed by atoms with E-state index in [2.05, 4.69) is 19.2 Å². The van der Waals surface area contributed by atoms with E-state index in [9.17, 15) is 9.90 Å². The van der Waals surface area contributed by atoms with Crippen LogP contribution >= 0.6 is 11.8 Å². The number of hydrogen-bond donors (Lipinski definition) is 2. The standard InChI is InChI=1S/C16H23NO2S/c1-4-20-13-7-5-6-12(14(13)15(18)19)17-11-8-9-16(2,3)10-11/h5-7,11,17H,4,8-10H2,1-3H3,(H,18,19). The molecule has 0 saturated heterocycles. The van der Waals surface area contributed by atoms with Crippen molar-refractivity contribution < 1.29 is 9.90 Å². The number of carboxylic acids is 1. The molecule has 1 aromatic rings. The second-order valence-corrected chi connectivity index (χ2v) is 7.47. The van der Waals surface area contributed by atoms with Crippen LogP contribution < -0.4 is 5.32 Å². The van der Waals surface area contributed by atoms with Crippen LogP contribution in [0.15, 0.2) is 23.1 Å². The summed E-state index contributed by atoms with van der Waals surface area (Å²) in [6, 6.07) is 6.09. The summed E-state index contributed by atoms with van der Waals surface area (Å²) >= 11 is 1.58. The number of carboxylic acid groups (broad SMARTS) is 1. The second-order valence-electron chi connectivity index (χ2n) is 6.17. The molecule has 1 atom stereocenters. The molecule has 0 aromatic heterocycles. The number of anilines is 1. The molecule has 0 aliphatic heterocycles. The van der Waals surface area contributed by atoms with Gasteiger partial charge < -0.3 is 10.4 Å². The Morgan fingerprint density at radius 1 is 1.50 bits per heavy atom. The minimum atomic E-state index is -0.846. The van der Waals surface area contributed by atoms with E-state index in [1.807, 2.05) is 25.1 Å². The Balaban J connectivity index is 2.23. The van der Waals surface area contributed by atoms with E-state index >= 15 is 0 Å². The summed E-state index contributed by atoms with van der Waals surface area (Å²) in [5.74, 6) is 0.0292. The van der Waals surface area contributed by atoms with Gasteiger partial charge >= 0.3 is 5.97 Å². The van der Waals surface area contributed by atoms with Gasteiger partial charge in [-0.25, -0.2) is 4.79 Å². The number of rotatable bonds is 5. The summed E-state index contributed by atoms with van der Waals surface area (Å²) < 4.78 is 0. The van der Waals surface area contributed by atoms with Crippen molar-refractivity contribution in [1.82, 2.24) is 0 Å². The average Bonchev–Trinajstić information content (AvgIpc) is 2.69. The number of carbonyl (C=O) groups is 1. The largest absolute Gasteiger partial charge is 0.478 e. The smallest absolute Gasteiger partial charge is 0.338 e. The van der Waals surface area contributed by atoms with Crippen LogP contribution in [0, 0.1) is 5.41 Å². The predicted molar refractivity (Wildman–Crippen MR) is 84.8 cm³/mol. The van der Waals surface area contributed by atoms with Crippen LogP contribution in [-0.4, -0.2) is 22.9 Å². The van der Waals surface area contributed by atoms with Gasteiger partial charge in [-0.05, 0) is 42.6 Å². The first kappa shape index (κ1) is 15.2. The lowest BCUT2D eigenvalue weighted by Gasteiger charge is -2.20. The molecule has 3 nitrogen and oxygen atoms in total. The van der Waals surface area contributed by atoms with E-state index in [0.29, 0.717) is 17.0 Å². The van der Waals surface area contributed by atoms with Crippen LogP contribution in [0.25, 0.3) is 0 Å². The maximum atomic E-state index is 11.6. The van der Waals surface area contributed by atoms with Crippen molar-refractivity contribution in [3.05, 3.63) is 23.8 Å². The van der Waals surface area contributed by atoms with Crippen LogP contribution in [0.1, 0.15) is 50.4 Å². The summed E-state index contributed by atoms with van der Waals surface area (Å²) in [6.45, 7) is 6.59. The maximum Gasteiger partial charge on any atom is 0.338 e. The number of benzene rings is 1. The van der Waals surface area contributed by atoms with Crippen molar-refractivity contribution in [1.29, 1.82) is 0 Å². The van der Waals surface area contributed by atoms with Crippen LogP contribution in [0.3, 0.4) is 0 Å². The Hall–Kier alpha value is -1.16. The predicted octanol–water partition coefficient (Wildman–Crippen LogP) is 4.49. The Labute approximate surface area is 125 Å². The number of aromatic carboxylic acids is 1. The van der Waals surface area contributed by atoms with Crippen molar-refractivity contribution >= 4 is 23.4 Å². The van der Waals surface area contributed by atoms with Crippen molar-refractivity contribution in [2.75, 3.05) is 11.1 Å². The summed E-state index contributed by atoms with van der Waals surface area (Å²) in [5.41, 5.74) is 1.54. The Bertz CT molecular complexity index is 499. The molecule has 0 spiro atoms. The highest BCUT2D eigenvalue weighted by Gasteiger charge is 2.31. The van der Waals surface area contributed by atoms with Gasteiger partial charge in [-0.15, -0.1) is 11.8 Å². The van der Waals surface area contributed by atoms with E-state index in [1.165, 1.54) is 6.42 Å². The van der Waals surface area contributed by atoms with Crippen LogP contribution in [-0.2, 0) is 0 Å². The fourth-order valence-electron chi connectivity index (χ4n) is 2.93. The van der Waals surface area contributed by atoms with E-state index in [4.69, 9.17) is 0 Å². The molecule has 1 saturated carbocycles. The third-order valence-corrected chi connectivity index (χ3v) is 4.81. The molecule has 0 amide bonds. The van der Waals surface area contributed by atoms with Crippen LogP contribution in [0.5, 0.6) is 0 Å². The summed E-state index contributed by atoms with van der Waals surface area (Å²) in [5, 5.41) is 12.9. The van der Waals surface area contributed by atoms with Crippen molar-refractivity contribution in [2.24, 2.45) is 5.41 Å². The molecule has 2 N–H and O–H groups in total. The van der Waals surface area contributed by atoms with Gasteiger partial charge in [-0.3, -0.25) is 0 Å². The van der Waals surface area contributed by atoms with Crippen molar-refractivity contribution in [3.63, 3.8) is 0 Å². The summed E-state index contributed by atoms with van der Waals surface area (Å²) in [6.07, 6.45) is 3.39. The minimum absolute atomic E-state index is 0.358. The molecule has 0 bridgehead atoms. The molecule has 110 valence electrons. The minimum Gasteiger partial charge on any atom is -0.478 e. The lowest BCUT2D eigenvalue weighted by Crippen LogP contribution is -2.19. The van der Waals surface area contributed by atoms with Gasteiger partial charge in [-0.2, -0.15) is 0 Å². The zero-order chi connectivity index (χ0) is 14.8. The Morgan fingerprint density at radius 3 is 2.80 bits per heavy atom. The number of nitrogens with one attached hydrogen (secondary N) is 1. The SMILES string of the molecule is CCSc1cccc(NC2CCC(C)(C)C2)c1C(=O)O. The highest BCUT2D eigenvalue weighted by molar-refractivity contribution is 7.99. The number of thioether (sulfide) groups is 1. The summed E-state index contributed by atoms with van der Waals surface area (Å²) in [7, 11) is 0. The third-order valence-electron chi connectivity index (χ3n) is 3.87. The fourth-order valence-corrected chi connectivity index (χ4v) is 3.75. The zero-order valence-corrected chi connectivity index (χ0v) is 13.2. The monoisotopic (exact) mass is 293 g/mol. The first-order valence-electron chi connectivity index (χ1n) is 7.18. The molecular formula is C16H23NO2S. The van der Waals surface area contributed by atoms with E-state index in [0.717, 1.165) is 29.2 Å². The van der Waals surface area contributed by atoms with Gasteiger partial charge in [0.1, 0.15) is 0 Å². The molecule has 0 radical (unpaired) electrons. The Kier molecular flexibility index (Phi) is 4.63. The van der Waals surface area contributed by atoms with Gasteiger partial charge in [0.05, 0.1) is 11.3 Å². The molecule has 1 aliphatic carbocycles. The van der Waals surface area contributed by atoms with Gasteiger partial charge in [0, 0.05) is 10.9 Å². The van der Waals surface area contributed by atoms with Crippen LogP contribution in [0.2, 0.25) is 0 Å². The van der Waals surface area contributed by atoms with Crippen LogP contribution in [0.4, 0.5) is 5.69 Å². The molecule has 1 aliphatic rings. The lowest BCUT2D eigenvalue weighted by molar-refractivity contribution is 0.0694. The van der Waals surface area contributed by atoms with Gasteiger partial charge in [0.25, 0.3) is 0 Å². The highest BCUT2D eigenvalue weighted by Crippen LogP contribution is 2.39. The zero-order valence-electron chi connectivity index (χ0n) is 12.4.